The van der Waals surface area contributed by atoms with Gasteiger partial charge in [0.2, 0.25) is 0 Å². The normalized spacial score (nSPS) is 34.1. The van der Waals surface area contributed by atoms with Crippen molar-refractivity contribution in [2.45, 2.75) is 51.4 Å². The first-order chi connectivity index (χ1) is 6.22. The van der Waals surface area contributed by atoms with E-state index in [-0.39, 0.29) is 0 Å². The minimum atomic E-state index is 0.350. The Morgan fingerprint density at radius 2 is 2.00 bits per heavy atom. The zero-order valence-electron chi connectivity index (χ0n) is 8.42. The van der Waals surface area contributed by atoms with E-state index in [0.717, 1.165) is 19.4 Å². The molecule has 1 fully saturated rings. The summed E-state index contributed by atoms with van der Waals surface area (Å²) < 4.78 is 5.62. The summed E-state index contributed by atoms with van der Waals surface area (Å²) in [6.07, 6.45) is 3.43. The first-order valence-corrected chi connectivity index (χ1v) is 4.98. The molecule has 1 aliphatic rings. The number of ether oxygens (including phenoxy) is 1. The van der Waals surface area contributed by atoms with Gasteiger partial charge in [0.25, 0.3) is 0 Å². The van der Waals surface area contributed by atoms with Crippen molar-refractivity contribution in [1.29, 1.82) is 5.26 Å². The molecule has 2 atom stereocenters. The van der Waals surface area contributed by atoms with Crippen molar-refractivity contribution in [2.75, 3.05) is 6.54 Å². The van der Waals surface area contributed by atoms with Gasteiger partial charge in [-0.15, -0.1) is 0 Å². The van der Waals surface area contributed by atoms with Crippen LogP contribution in [0.15, 0.2) is 0 Å². The summed E-state index contributed by atoms with van der Waals surface area (Å²) in [7, 11) is 0. The number of nitrogens with one attached hydrogen (secondary N) is 1. The van der Waals surface area contributed by atoms with E-state index >= 15 is 0 Å². The molecule has 1 saturated heterocycles. The Kier molecular flexibility index (Phi) is 4.20. The van der Waals surface area contributed by atoms with Crippen LogP contribution >= 0.6 is 0 Å². The van der Waals surface area contributed by atoms with Gasteiger partial charge < -0.3 is 10.1 Å². The predicted molar refractivity (Wildman–Crippen MR) is 51.3 cm³/mol. The van der Waals surface area contributed by atoms with Gasteiger partial charge in [0.15, 0.2) is 0 Å². The average Bonchev–Trinajstić information content (AvgIpc) is 2.03. The van der Waals surface area contributed by atoms with Gasteiger partial charge in [0, 0.05) is 19.0 Å². The lowest BCUT2D eigenvalue weighted by atomic mass is 10.00. The predicted octanol–water partition coefficient (Wildman–Crippen LogP) is 1.45. The van der Waals surface area contributed by atoms with E-state index in [0.29, 0.717) is 24.7 Å². The highest BCUT2D eigenvalue weighted by Crippen LogP contribution is 2.18. The molecule has 13 heavy (non-hydrogen) atoms. The summed E-state index contributed by atoms with van der Waals surface area (Å²) in [5.74, 6) is 0. The molecule has 0 aromatic carbocycles. The maximum absolute atomic E-state index is 8.39. The second kappa shape index (κ2) is 5.21. The third kappa shape index (κ3) is 3.75. The fourth-order valence-electron chi connectivity index (χ4n) is 1.90. The molecule has 0 bridgehead atoms. The summed E-state index contributed by atoms with van der Waals surface area (Å²) >= 11 is 0. The highest BCUT2D eigenvalue weighted by atomic mass is 16.5. The minimum absolute atomic E-state index is 0.350. The van der Waals surface area contributed by atoms with E-state index < -0.39 is 0 Å². The van der Waals surface area contributed by atoms with Gasteiger partial charge in [-0.2, -0.15) is 5.26 Å². The molecule has 0 aliphatic carbocycles. The standard InChI is InChI=1S/C10H18N2O/c1-8-6-10(7-9(2)13-8)12-5-3-4-11/h8-10,12H,3,5-7H2,1-2H3. The minimum Gasteiger partial charge on any atom is -0.375 e. The van der Waals surface area contributed by atoms with E-state index in [1.807, 2.05) is 0 Å². The fourth-order valence-corrected chi connectivity index (χ4v) is 1.90. The Labute approximate surface area is 80.1 Å². The van der Waals surface area contributed by atoms with Crippen LogP contribution in [0.3, 0.4) is 0 Å². The number of rotatable bonds is 3. The number of hydrogen-bond donors (Lipinski definition) is 1. The molecule has 3 heteroatoms. The van der Waals surface area contributed by atoms with Crippen molar-refractivity contribution in [2.24, 2.45) is 0 Å². The Morgan fingerprint density at radius 3 is 2.54 bits per heavy atom. The lowest BCUT2D eigenvalue weighted by molar-refractivity contribution is -0.0418. The number of nitrogens with zero attached hydrogens (tertiary/aromatic N) is 1. The molecule has 1 heterocycles. The molecule has 0 amide bonds. The Morgan fingerprint density at radius 1 is 1.38 bits per heavy atom. The summed E-state index contributed by atoms with van der Waals surface area (Å²) in [4.78, 5) is 0. The van der Waals surface area contributed by atoms with E-state index in [4.69, 9.17) is 10.00 Å². The van der Waals surface area contributed by atoms with Gasteiger partial charge in [0.05, 0.1) is 18.3 Å². The van der Waals surface area contributed by atoms with E-state index in [9.17, 15) is 0 Å². The quantitative estimate of drug-likeness (QED) is 0.672. The van der Waals surface area contributed by atoms with Crippen LogP contribution in [0.25, 0.3) is 0 Å². The SMILES string of the molecule is CC1CC(NCCC#N)CC(C)O1. The number of hydrogen-bond acceptors (Lipinski definition) is 3. The first-order valence-electron chi connectivity index (χ1n) is 4.98. The second-order valence-electron chi connectivity index (χ2n) is 3.79. The highest BCUT2D eigenvalue weighted by Gasteiger charge is 2.23. The van der Waals surface area contributed by atoms with Gasteiger partial charge >= 0.3 is 0 Å². The van der Waals surface area contributed by atoms with Crippen molar-refractivity contribution in [1.82, 2.24) is 5.32 Å². The molecule has 1 rings (SSSR count). The summed E-state index contributed by atoms with van der Waals surface area (Å²) in [6.45, 7) is 5.02. The van der Waals surface area contributed by atoms with Gasteiger partial charge in [-0.25, -0.2) is 0 Å². The van der Waals surface area contributed by atoms with E-state index in [1.165, 1.54) is 0 Å². The van der Waals surface area contributed by atoms with Crippen molar-refractivity contribution < 1.29 is 4.74 Å². The maximum atomic E-state index is 8.39. The van der Waals surface area contributed by atoms with Crippen LogP contribution in [0.1, 0.15) is 33.1 Å². The van der Waals surface area contributed by atoms with Crippen molar-refractivity contribution in [3.05, 3.63) is 0 Å². The highest BCUT2D eigenvalue weighted by molar-refractivity contribution is 4.80. The van der Waals surface area contributed by atoms with Gasteiger partial charge in [-0.1, -0.05) is 0 Å². The zero-order chi connectivity index (χ0) is 9.68. The fraction of sp³-hybridized carbons (Fsp3) is 0.900. The van der Waals surface area contributed by atoms with Crippen molar-refractivity contribution in [3.63, 3.8) is 0 Å². The third-order valence-corrected chi connectivity index (χ3v) is 2.37. The number of nitriles is 1. The van der Waals surface area contributed by atoms with Crippen molar-refractivity contribution >= 4 is 0 Å². The Bertz CT molecular complexity index is 178. The Balaban J connectivity index is 2.22. The summed E-state index contributed by atoms with van der Waals surface area (Å²) in [5, 5.41) is 11.8. The summed E-state index contributed by atoms with van der Waals surface area (Å²) in [5.41, 5.74) is 0. The average molecular weight is 182 g/mol. The van der Waals surface area contributed by atoms with Crippen LogP contribution < -0.4 is 5.32 Å². The van der Waals surface area contributed by atoms with Crippen LogP contribution in [-0.2, 0) is 4.74 Å². The smallest absolute Gasteiger partial charge is 0.0635 e. The van der Waals surface area contributed by atoms with Gasteiger partial charge in [0.1, 0.15) is 0 Å². The molecule has 0 aromatic heterocycles. The molecule has 0 radical (unpaired) electrons. The van der Waals surface area contributed by atoms with Crippen molar-refractivity contribution in [3.8, 4) is 6.07 Å². The molecule has 0 spiro atoms. The molecule has 0 aromatic rings. The summed E-state index contributed by atoms with van der Waals surface area (Å²) in [6, 6.07) is 2.67. The molecule has 0 saturated carbocycles. The maximum Gasteiger partial charge on any atom is 0.0635 e. The molecular weight excluding hydrogens is 164 g/mol. The molecule has 1 N–H and O–H groups in total. The zero-order valence-corrected chi connectivity index (χ0v) is 8.42. The van der Waals surface area contributed by atoms with Crippen LogP contribution in [0.5, 0.6) is 0 Å². The third-order valence-electron chi connectivity index (χ3n) is 2.37. The van der Waals surface area contributed by atoms with Crippen LogP contribution in [0.4, 0.5) is 0 Å². The van der Waals surface area contributed by atoms with E-state index in [1.54, 1.807) is 0 Å². The topological polar surface area (TPSA) is 45.0 Å². The first kappa shape index (κ1) is 10.5. The monoisotopic (exact) mass is 182 g/mol. The van der Waals surface area contributed by atoms with Crippen LogP contribution in [0, 0.1) is 11.3 Å². The van der Waals surface area contributed by atoms with Crippen LogP contribution in [-0.4, -0.2) is 24.8 Å². The lowest BCUT2D eigenvalue weighted by Gasteiger charge is -2.32. The van der Waals surface area contributed by atoms with Crippen LogP contribution in [0.2, 0.25) is 0 Å². The second-order valence-corrected chi connectivity index (χ2v) is 3.79. The van der Waals surface area contributed by atoms with E-state index in [2.05, 4.69) is 25.2 Å². The molecular formula is C10H18N2O. The molecule has 3 nitrogen and oxygen atoms in total. The lowest BCUT2D eigenvalue weighted by Crippen LogP contribution is -2.41. The largest absolute Gasteiger partial charge is 0.375 e. The van der Waals surface area contributed by atoms with Gasteiger partial charge in [-0.05, 0) is 26.7 Å². The molecule has 2 unspecified atom stereocenters. The molecule has 1 aliphatic heterocycles. The van der Waals surface area contributed by atoms with Gasteiger partial charge in [-0.3, -0.25) is 0 Å². The Hall–Kier alpha value is -0.590. The molecule has 74 valence electrons.